The van der Waals surface area contributed by atoms with E-state index in [-0.39, 0.29) is 16.8 Å². The van der Waals surface area contributed by atoms with Gasteiger partial charge in [0.2, 0.25) is 15.9 Å². The van der Waals surface area contributed by atoms with Crippen LogP contribution in [0.1, 0.15) is 33.3 Å². The topological polar surface area (TPSA) is 101 Å². The second-order valence-electron chi connectivity index (χ2n) is 5.23. The molecule has 0 spiro atoms. The summed E-state index contributed by atoms with van der Waals surface area (Å²) in [6, 6.07) is 3.84. The van der Waals surface area contributed by atoms with E-state index in [0.29, 0.717) is 17.7 Å². The Morgan fingerprint density at radius 1 is 1.29 bits per heavy atom. The molecule has 1 unspecified atom stereocenters. The number of nitrogens with two attached hydrogens (primary N) is 1. The van der Waals surface area contributed by atoms with Gasteiger partial charge in [-0.25, -0.2) is 8.42 Å². The lowest BCUT2D eigenvalue weighted by atomic mass is 10.1. The second kappa shape index (κ2) is 6.91. The highest BCUT2D eigenvalue weighted by Gasteiger charge is 2.24. The molecule has 1 atom stereocenters. The van der Waals surface area contributed by atoms with Gasteiger partial charge < -0.3 is 11.1 Å². The van der Waals surface area contributed by atoms with Gasteiger partial charge in [-0.3, -0.25) is 4.79 Å². The number of nitrogen functional groups attached to an aromatic ring is 1. The van der Waals surface area contributed by atoms with Crippen molar-refractivity contribution < 1.29 is 13.2 Å². The Bertz CT molecular complexity index is 612. The fourth-order valence-electron chi connectivity index (χ4n) is 1.87. The third kappa shape index (κ3) is 4.71. The molecule has 0 saturated carbocycles. The number of amides is 1. The Balaban J connectivity index is 3.02. The van der Waals surface area contributed by atoms with Crippen LogP contribution in [-0.4, -0.2) is 26.4 Å². The average molecular weight is 313 g/mol. The van der Waals surface area contributed by atoms with Gasteiger partial charge in [-0.05, 0) is 44.9 Å². The first-order chi connectivity index (χ1) is 9.67. The van der Waals surface area contributed by atoms with Crippen LogP contribution in [0.3, 0.4) is 0 Å². The van der Waals surface area contributed by atoms with E-state index in [1.165, 1.54) is 13.0 Å². The summed E-state index contributed by atoms with van der Waals surface area (Å²) >= 11 is 0. The molecule has 0 fully saturated rings. The Hall–Kier alpha value is -1.60. The number of hydrogen-bond donors (Lipinski definition) is 3. The maximum absolute atomic E-state index is 12.4. The summed E-state index contributed by atoms with van der Waals surface area (Å²) in [7, 11) is -3.80. The molecule has 1 rings (SSSR count). The smallest absolute Gasteiger partial charge is 0.241 e. The summed E-state index contributed by atoms with van der Waals surface area (Å²) < 4.78 is 27.2. The molecular weight excluding hydrogens is 290 g/mol. The van der Waals surface area contributed by atoms with E-state index < -0.39 is 16.1 Å². The summed E-state index contributed by atoms with van der Waals surface area (Å²) in [6.07, 6.45) is 0.559. The predicted molar refractivity (Wildman–Crippen MR) is 83.3 cm³/mol. The molecule has 0 saturated heterocycles. The fraction of sp³-hybridized carbons (Fsp3) is 0.500. The van der Waals surface area contributed by atoms with E-state index in [4.69, 9.17) is 5.73 Å². The van der Waals surface area contributed by atoms with E-state index in [1.54, 1.807) is 12.1 Å². The number of carbonyl (C=O) groups is 1. The van der Waals surface area contributed by atoms with Crippen LogP contribution in [0.5, 0.6) is 0 Å². The number of aryl methyl sites for hydroxylation is 1. The van der Waals surface area contributed by atoms with Crippen LogP contribution in [0.25, 0.3) is 0 Å². The van der Waals surface area contributed by atoms with Gasteiger partial charge in [0, 0.05) is 11.7 Å². The van der Waals surface area contributed by atoms with Gasteiger partial charge in [0.05, 0.1) is 10.9 Å². The fourth-order valence-corrected chi connectivity index (χ4v) is 3.42. The number of carbonyl (C=O) groups excluding carboxylic acids is 1. The van der Waals surface area contributed by atoms with Crippen molar-refractivity contribution >= 4 is 21.6 Å². The van der Waals surface area contributed by atoms with Gasteiger partial charge >= 0.3 is 0 Å². The molecule has 0 heterocycles. The minimum absolute atomic E-state index is 0.0528. The lowest BCUT2D eigenvalue weighted by Gasteiger charge is -2.17. The molecule has 7 heteroatoms. The summed E-state index contributed by atoms with van der Waals surface area (Å²) in [5.41, 5.74) is 6.69. The zero-order valence-electron chi connectivity index (χ0n) is 12.8. The number of benzene rings is 1. The molecule has 0 bridgehead atoms. The standard InChI is InChI=1S/C14H23N3O3S/c1-5-11-6-7-12(15)8-13(11)21(19,20)17-10(4)14(18)16-9(2)3/h6-10,17H,5,15H2,1-4H3,(H,16,18). The largest absolute Gasteiger partial charge is 0.399 e. The molecule has 0 aliphatic heterocycles. The molecule has 4 N–H and O–H groups in total. The number of sulfonamides is 1. The Morgan fingerprint density at radius 3 is 2.43 bits per heavy atom. The van der Waals surface area contributed by atoms with Crippen LogP contribution < -0.4 is 15.8 Å². The van der Waals surface area contributed by atoms with E-state index in [9.17, 15) is 13.2 Å². The van der Waals surface area contributed by atoms with E-state index >= 15 is 0 Å². The number of hydrogen-bond acceptors (Lipinski definition) is 4. The summed E-state index contributed by atoms with van der Waals surface area (Å²) in [5, 5.41) is 2.67. The van der Waals surface area contributed by atoms with Crippen molar-refractivity contribution in [1.82, 2.24) is 10.0 Å². The van der Waals surface area contributed by atoms with Crippen molar-refractivity contribution in [3.63, 3.8) is 0 Å². The Morgan fingerprint density at radius 2 is 1.90 bits per heavy atom. The highest BCUT2D eigenvalue weighted by atomic mass is 32.2. The SMILES string of the molecule is CCc1ccc(N)cc1S(=O)(=O)NC(C)C(=O)NC(C)C. The van der Waals surface area contributed by atoms with Gasteiger partial charge in [0.25, 0.3) is 0 Å². The highest BCUT2D eigenvalue weighted by Crippen LogP contribution is 2.20. The second-order valence-corrected chi connectivity index (χ2v) is 6.91. The third-order valence-electron chi connectivity index (χ3n) is 2.92. The Kier molecular flexibility index (Phi) is 5.74. The van der Waals surface area contributed by atoms with Crippen LogP contribution in [0.15, 0.2) is 23.1 Å². The van der Waals surface area contributed by atoms with Crippen molar-refractivity contribution in [1.29, 1.82) is 0 Å². The van der Waals surface area contributed by atoms with Gasteiger partial charge in [-0.15, -0.1) is 0 Å². The minimum Gasteiger partial charge on any atom is -0.399 e. The number of rotatable bonds is 6. The van der Waals surface area contributed by atoms with Crippen LogP contribution in [0.2, 0.25) is 0 Å². The van der Waals surface area contributed by atoms with Crippen molar-refractivity contribution in [2.75, 3.05) is 5.73 Å². The third-order valence-corrected chi connectivity index (χ3v) is 4.54. The Labute approximate surface area is 126 Å². The molecule has 0 aliphatic carbocycles. The quantitative estimate of drug-likeness (QED) is 0.682. The maximum Gasteiger partial charge on any atom is 0.241 e. The maximum atomic E-state index is 12.4. The monoisotopic (exact) mass is 313 g/mol. The van der Waals surface area contributed by atoms with Gasteiger partial charge in [0.1, 0.15) is 0 Å². The van der Waals surface area contributed by atoms with Gasteiger partial charge in [0.15, 0.2) is 0 Å². The summed E-state index contributed by atoms with van der Waals surface area (Å²) in [5.74, 6) is -0.365. The zero-order valence-corrected chi connectivity index (χ0v) is 13.6. The van der Waals surface area contributed by atoms with Crippen molar-refractivity contribution in [3.05, 3.63) is 23.8 Å². The van der Waals surface area contributed by atoms with Crippen LogP contribution in [-0.2, 0) is 21.2 Å². The van der Waals surface area contributed by atoms with Crippen molar-refractivity contribution in [2.45, 2.75) is 51.1 Å². The first kappa shape index (κ1) is 17.5. The average Bonchev–Trinajstić information content (AvgIpc) is 2.37. The molecule has 1 aromatic rings. The first-order valence-electron chi connectivity index (χ1n) is 6.88. The lowest BCUT2D eigenvalue weighted by molar-refractivity contribution is -0.122. The lowest BCUT2D eigenvalue weighted by Crippen LogP contribution is -2.46. The van der Waals surface area contributed by atoms with E-state index in [2.05, 4.69) is 10.0 Å². The molecule has 0 radical (unpaired) electrons. The molecule has 1 amide bonds. The van der Waals surface area contributed by atoms with E-state index in [0.717, 1.165) is 0 Å². The summed E-state index contributed by atoms with van der Waals surface area (Å²) in [4.78, 5) is 11.9. The molecule has 118 valence electrons. The molecule has 1 aromatic carbocycles. The van der Waals surface area contributed by atoms with Gasteiger partial charge in [-0.1, -0.05) is 13.0 Å². The molecule has 6 nitrogen and oxygen atoms in total. The van der Waals surface area contributed by atoms with Crippen LogP contribution in [0, 0.1) is 0 Å². The minimum atomic E-state index is -3.80. The van der Waals surface area contributed by atoms with Crippen LogP contribution in [0.4, 0.5) is 5.69 Å². The van der Waals surface area contributed by atoms with Crippen molar-refractivity contribution in [2.24, 2.45) is 0 Å². The number of nitrogens with one attached hydrogen (secondary N) is 2. The predicted octanol–water partition coefficient (Wildman–Crippen LogP) is 1.02. The van der Waals surface area contributed by atoms with Crippen molar-refractivity contribution in [3.8, 4) is 0 Å². The molecule has 21 heavy (non-hydrogen) atoms. The molecule has 0 aromatic heterocycles. The highest BCUT2D eigenvalue weighted by molar-refractivity contribution is 7.89. The summed E-state index contributed by atoms with van der Waals surface area (Å²) in [6.45, 7) is 6.99. The van der Waals surface area contributed by atoms with E-state index in [1.807, 2.05) is 20.8 Å². The number of anilines is 1. The first-order valence-corrected chi connectivity index (χ1v) is 8.36. The molecule has 0 aliphatic rings. The molecular formula is C14H23N3O3S. The zero-order chi connectivity index (χ0) is 16.2. The van der Waals surface area contributed by atoms with Gasteiger partial charge in [-0.2, -0.15) is 4.72 Å². The van der Waals surface area contributed by atoms with Crippen LogP contribution >= 0.6 is 0 Å². The normalized spacial score (nSPS) is 13.2.